The van der Waals surface area contributed by atoms with Gasteiger partial charge in [-0.3, -0.25) is 9.59 Å². The molecule has 0 spiro atoms. The molecule has 1 heterocycles. The highest BCUT2D eigenvalue weighted by Crippen LogP contribution is 2.34. The third-order valence-corrected chi connectivity index (χ3v) is 7.36. The average molecular weight is 413 g/mol. The SMILES string of the molecule is COC1CCC(C(=O)N2C[C@@H](C)N(C(=O)C3CCC(C)C(O)C3)[C@H](C)C2)C(F)C1. The molecule has 7 heteroatoms. The lowest BCUT2D eigenvalue weighted by Gasteiger charge is -2.47. The van der Waals surface area contributed by atoms with E-state index >= 15 is 0 Å². The fourth-order valence-corrected chi connectivity index (χ4v) is 5.48. The maximum Gasteiger partial charge on any atom is 0.228 e. The Kier molecular flexibility index (Phi) is 7.20. The molecule has 29 heavy (non-hydrogen) atoms. The number of ether oxygens (including phenoxy) is 1. The summed E-state index contributed by atoms with van der Waals surface area (Å²) in [5.41, 5.74) is 0. The number of halogens is 1. The number of hydrogen-bond donors (Lipinski definition) is 1. The molecule has 3 fully saturated rings. The number of methoxy groups -OCH3 is 1. The first-order valence-electron chi connectivity index (χ1n) is 11.2. The van der Waals surface area contributed by atoms with Crippen LogP contribution in [-0.2, 0) is 14.3 Å². The van der Waals surface area contributed by atoms with Crippen LogP contribution in [0.5, 0.6) is 0 Å². The third kappa shape index (κ3) is 4.76. The van der Waals surface area contributed by atoms with Gasteiger partial charge in [0.1, 0.15) is 6.17 Å². The fourth-order valence-electron chi connectivity index (χ4n) is 5.48. The lowest BCUT2D eigenvalue weighted by molar-refractivity contribution is -0.154. The second-order valence-corrected chi connectivity index (χ2v) is 9.53. The van der Waals surface area contributed by atoms with E-state index in [4.69, 9.17) is 4.74 Å². The Balaban J connectivity index is 1.61. The fraction of sp³-hybridized carbons (Fsp3) is 0.909. The Hall–Kier alpha value is -1.21. The second kappa shape index (κ2) is 9.29. The van der Waals surface area contributed by atoms with Crippen LogP contribution in [0.1, 0.15) is 59.3 Å². The smallest absolute Gasteiger partial charge is 0.228 e. The number of alkyl halides is 1. The van der Waals surface area contributed by atoms with E-state index in [1.54, 1.807) is 12.0 Å². The number of aliphatic hydroxyl groups excluding tert-OH is 1. The molecule has 2 aliphatic carbocycles. The number of carbonyl (C=O) groups excluding carboxylic acids is 2. The average Bonchev–Trinajstić information content (AvgIpc) is 2.68. The number of hydrogen-bond acceptors (Lipinski definition) is 4. The van der Waals surface area contributed by atoms with Crippen LogP contribution in [0, 0.1) is 17.8 Å². The number of carbonyl (C=O) groups is 2. The summed E-state index contributed by atoms with van der Waals surface area (Å²) >= 11 is 0. The van der Waals surface area contributed by atoms with Gasteiger partial charge in [-0.25, -0.2) is 4.39 Å². The summed E-state index contributed by atoms with van der Waals surface area (Å²) in [4.78, 5) is 29.8. The van der Waals surface area contributed by atoms with Crippen molar-refractivity contribution < 1.29 is 23.8 Å². The van der Waals surface area contributed by atoms with Gasteiger partial charge in [-0.05, 0) is 51.9 Å². The summed E-state index contributed by atoms with van der Waals surface area (Å²) < 4.78 is 19.8. The van der Waals surface area contributed by atoms with Gasteiger partial charge in [-0.15, -0.1) is 0 Å². The van der Waals surface area contributed by atoms with Crippen LogP contribution in [0.4, 0.5) is 4.39 Å². The van der Waals surface area contributed by atoms with E-state index < -0.39 is 18.2 Å². The first kappa shape index (κ1) is 22.5. The highest BCUT2D eigenvalue weighted by atomic mass is 19.1. The molecule has 3 rings (SSSR count). The largest absolute Gasteiger partial charge is 0.393 e. The molecule has 0 radical (unpaired) electrons. The van der Waals surface area contributed by atoms with E-state index in [1.807, 2.05) is 25.7 Å². The zero-order chi connectivity index (χ0) is 21.3. The van der Waals surface area contributed by atoms with Gasteiger partial charge in [0.2, 0.25) is 11.8 Å². The molecule has 0 aromatic rings. The van der Waals surface area contributed by atoms with E-state index in [9.17, 15) is 19.1 Å². The van der Waals surface area contributed by atoms with Gasteiger partial charge in [0.05, 0.1) is 18.1 Å². The molecule has 1 N–H and O–H groups in total. The van der Waals surface area contributed by atoms with Crippen molar-refractivity contribution in [2.45, 2.75) is 89.8 Å². The molecule has 0 aromatic carbocycles. The normalized spacial score (nSPS) is 41.3. The zero-order valence-electron chi connectivity index (χ0n) is 18.2. The van der Waals surface area contributed by atoms with E-state index in [1.165, 1.54) is 0 Å². The minimum Gasteiger partial charge on any atom is -0.393 e. The van der Waals surface area contributed by atoms with Crippen molar-refractivity contribution in [2.75, 3.05) is 20.2 Å². The van der Waals surface area contributed by atoms with Crippen LogP contribution in [-0.4, -0.2) is 77.4 Å². The highest BCUT2D eigenvalue weighted by Gasteiger charge is 2.43. The van der Waals surface area contributed by atoms with Crippen LogP contribution in [0.3, 0.4) is 0 Å². The van der Waals surface area contributed by atoms with Crippen LogP contribution >= 0.6 is 0 Å². The second-order valence-electron chi connectivity index (χ2n) is 9.53. The molecule has 1 aliphatic heterocycles. The maximum atomic E-state index is 14.6. The first-order valence-corrected chi connectivity index (χ1v) is 11.2. The zero-order valence-corrected chi connectivity index (χ0v) is 18.2. The highest BCUT2D eigenvalue weighted by molar-refractivity contribution is 5.82. The van der Waals surface area contributed by atoms with E-state index in [0.29, 0.717) is 32.4 Å². The Morgan fingerprint density at radius 3 is 2.17 bits per heavy atom. The number of amides is 2. The summed E-state index contributed by atoms with van der Waals surface area (Å²) in [6.07, 6.45) is 1.99. The molecule has 2 saturated carbocycles. The number of nitrogens with zero attached hydrogens (tertiary/aromatic N) is 2. The van der Waals surface area contributed by atoms with Crippen molar-refractivity contribution >= 4 is 11.8 Å². The molecule has 6 nitrogen and oxygen atoms in total. The van der Waals surface area contributed by atoms with Crippen molar-refractivity contribution in [3.63, 3.8) is 0 Å². The molecule has 166 valence electrons. The lowest BCUT2D eigenvalue weighted by Crippen LogP contribution is -2.62. The number of piperazine rings is 1. The Morgan fingerprint density at radius 1 is 0.966 bits per heavy atom. The molecule has 2 amide bonds. The van der Waals surface area contributed by atoms with Gasteiger partial charge in [-0.2, -0.15) is 0 Å². The van der Waals surface area contributed by atoms with Gasteiger partial charge in [0.25, 0.3) is 0 Å². The molecule has 3 aliphatic rings. The van der Waals surface area contributed by atoms with Crippen LogP contribution < -0.4 is 0 Å². The molecule has 6 unspecified atom stereocenters. The summed E-state index contributed by atoms with van der Waals surface area (Å²) in [7, 11) is 1.59. The monoisotopic (exact) mass is 412 g/mol. The first-order chi connectivity index (χ1) is 13.7. The third-order valence-electron chi connectivity index (χ3n) is 7.36. The van der Waals surface area contributed by atoms with E-state index in [0.717, 1.165) is 12.8 Å². The molecule has 1 saturated heterocycles. The van der Waals surface area contributed by atoms with Crippen molar-refractivity contribution in [1.29, 1.82) is 0 Å². The summed E-state index contributed by atoms with van der Waals surface area (Å²) in [6.45, 7) is 6.84. The predicted molar refractivity (Wildman–Crippen MR) is 108 cm³/mol. The Bertz CT molecular complexity index is 591. The van der Waals surface area contributed by atoms with Crippen LogP contribution in [0.2, 0.25) is 0 Å². The quantitative estimate of drug-likeness (QED) is 0.773. The summed E-state index contributed by atoms with van der Waals surface area (Å²) in [6, 6.07) is -0.222. The maximum absolute atomic E-state index is 14.6. The van der Waals surface area contributed by atoms with E-state index in [2.05, 4.69) is 0 Å². The molecule has 8 atom stereocenters. The van der Waals surface area contributed by atoms with Crippen molar-refractivity contribution in [3.8, 4) is 0 Å². The Labute approximate surface area is 173 Å². The molecular weight excluding hydrogens is 375 g/mol. The molecular formula is C22H37FN2O4. The lowest BCUT2D eigenvalue weighted by atomic mass is 9.79. The molecule has 0 bridgehead atoms. The van der Waals surface area contributed by atoms with Gasteiger partial charge in [0, 0.05) is 44.6 Å². The van der Waals surface area contributed by atoms with Crippen molar-refractivity contribution in [1.82, 2.24) is 9.80 Å². The number of aliphatic hydroxyl groups is 1. The van der Waals surface area contributed by atoms with Gasteiger partial charge in [-0.1, -0.05) is 6.92 Å². The van der Waals surface area contributed by atoms with Crippen molar-refractivity contribution in [2.24, 2.45) is 17.8 Å². The minimum atomic E-state index is -1.17. The van der Waals surface area contributed by atoms with Gasteiger partial charge >= 0.3 is 0 Å². The minimum absolute atomic E-state index is 0.0898. The van der Waals surface area contributed by atoms with Crippen LogP contribution in [0.25, 0.3) is 0 Å². The van der Waals surface area contributed by atoms with Gasteiger partial charge in [0.15, 0.2) is 0 Å². The number of rotatable bonds is 3. The predicted octanol–water partition coefficient (Wildman–Crippen LogP) is 2.38. The van der Waals surface area contributed by atoms with E-state index in [-0.39, 0.29) is 48.3 Å². The van der Waals surface area contributed by atoms with Gasteiger partial charge < -0.3 is 19.6 Å². The Morgan fingerprint density at radius 2 is 1.62 bits per heavy atom. The van der Waals surface area contributed by atoms with Crippen molar-refractivity contribution in [3.05, 3.63) is 0 Å². The van der Waals surface area contributed by atoms with Crippen LogP contribution in [0.15, 0.2) is 0 Å². The standard InChI is InChI=1S/C22H37FN2O4/c1-13-5-6-16(9-20(13)26)21(27)25-14(2)11-24(12-15(25)3)22(28)18-8-7-17(29-4)10-19(18)23/h13-20,26H,5-12H2,1-4H3/t13?,14-,15-,16?,17?,18?,19?,20?/m1/s1. The molecule has 0 aromatic heterocycles. The topological polar surface area (TPSA) is 70.1 Å². The summed E-state index contributed by atoms with van der Waals surface area (Å²) in [5, 5.41) is 10.2. The summed E-state index contributed by atoms with van der Waals surface area (Å²) in [5.74, 6) is -0.539.